The summed E-state index contributed by atoms with van der Waals surface area (Å²) in [5.41, 5.74) is 0. The molecule has 0 aromatic carbocycles. The van der Waals surface area contributed by atoms with Crippen molar-refractivity contribution in [1.29, 1.82) is 0 Å². The summed E-state index contributed by atoms with van der Waals surface area (Å²) in [5.74, 6) is -0.301. The Kier molecular flexibility index (Phi) is 41.4. The molecule has 1 amide bonds. The molecule has 0 spiro atoms. The number of carbonyl (C=O) groups excluding carboxylic acids is 1. The summed E-state index contributed by atoms with van der Waals surface area (Å²) < 4.78 is 23.1. The molecule has 66 heavy (non-hydrogen) atoms. The predicted molar refractivity (Wildman–Crippen MR) is 269 cm³/mol. The number of aliphatic hydroxyl groups is 6. The molecule has 0 radical (unpaired) electrons. The summed E-state index contributed by atoms with van der Waals surface area (Å²) in [5, 5.41) is 64.4. The molecule has 0 aromatic heterocycles. The average Bonchev–Trinajstić information content (AvgIpc) is 3.30. The molecule has 8 N–H and O–H groups in total. The van der Waals surface area contributed by atoms with Crippen LogP contribution in [-0.2, 0) is 18.4 Å². The van der Waals surface area contributed by atoms with Crippen LogP contribution in [-0.4, -0.2) is 96.8 Å². The number of carbonyl (C=O) groups is 1. The van der Waals surface area contributed by atoms with Crippen molar-refractivity contribution in [3.63, 3.8) is 0 Å². The summed E-state index contributed by atoms with van der Waals surface area (Å²) in [6.45, 7) is 3.93. The first-order valence-corrected chi connectivity index (χ1v) is 29.5. The number of phosphoric ester groups is 1. The van der Waals surface area contributed by atoms with Gasteiger partial charge in [-0.3, -0.25) is 13.8 Å². The van der Waals surface area contributed by atoms with Gasteiger partial charge in [0.15, 0.2) is 0 Å². The molecule has 0 heterocycles. The fraction of sp³-hybridized carbons (Fsp3) is 0.981. The first-order valence-electron chi connectivity index (χ1n) is 28.0. The maximum atomic E-state index is 13.0. The minimum Gasteiger partial charge on any atom is -0.391 e. The Morgan fingerprint density at radius 3 is 1.05 bits per heavy atom. The lowest BCUT2D eigenvalue weighted by atomic mass is 9.85. The second kappa shape index (κ2) is 43.2. The van der Waals surface area contributed by atoms with Crippen molar-refractivity contribution in [2.75, 3.05) is 6.61 Å². The third-order valence-corrected chi connectivity index (χ3v) is 14.9. The van der Waals surface area contributed by atoms with E-state index in [0.717, 1.165) is 38.5 Å². The molecule has 1 aliphatic rings. The van der Waals surface area contributed by atoms with Crippen molar-refractivity contribution in [1.82, 2.24) is 5.32 Å². The van der Waals surface area contributed by atoms with Gasteiger partial charge in [-0.05, 0) is 12.8 Å². The minimum atomic E-state index is -5.06. The van der Waals surface area contributed by atoms with E-state index in [4.69, 9.17) is 9.05 Å². The zero-order valence-electron chi connectivity index (χ0n) is 42.5. The van der Waals surface area contributed by atoms with E-state index in [2.05, 4.69) is 19.2 Å². The SMILES string of the molecule is CCCCCCCCCCCCCCCCCCCCCCCCCCCC(=O)N[C@@H](COP(=O)(O)OC1C(O)C(O)C(O)[C@@H](O)C1O)[C@H](O)CCCCCCCCCCCCCCCC. The maximum absolute atomic E-state index is 13.0. The van der Waals surface area contributed by atoms with Crippen LogP contribution in [0.1, 0.15) is 277 Å². The first-order chi connectivity index (χ1) is 31.9. The quantitative estimate of drug-likeness (QED) is 0.0213. The van der Waals surface area contributed by atoms with Gasteiger partial charge in [-0.25, -0.2) is 4.57 Å². The molecule has 1 fully saturated rings. The van der Waals surface area contributed by atoms with Crippen molar-refractivity contribution >= 4 is 13.7 Å². The molecule has 13 heteroatoms. The van der Waals surface area contributed by atoms with Crippen LogP contribution in [0.5, 0.6) is 0 Å². The third-order valence-electron chi connectivity index (χ3n) is 13.9. The first kappa shape index (κ1) is 63.4. The lowest BCUT2D eigenvalue weighted by molar-refractivity contribution is -0.220. The molecule has 394 valence electrons. The van der Waals surface area contributed by atoms with Crippen LogP contribution in [0, 0.1) is 0 Å². The van der Waals surface area contributed by atoms with Crippen LogP contribution in [0.15, 0.2) is 0 Å². The second-order valence-electron chi connectivity index (χ2n) is 20.1. The van der Waals surface area contributed by atoms with E-state index in [9.17, 15) is 44.9 Å². The number of amides is 1. The zero-order valence-corrected chi connectivity index (χ0v) is 43.4. The number of hydrogen-bond donors (Lipinski definition) is 8. The van der Waals surface area contributed by atoms with E-state index in [-0.39, 0.29) is 12.3 Å². The smallest absolute Gasteiger partial charge is 0.391 e. The Morgan fingerprint density at radius 2 is 0.727 bits per heavy atom. The molecular weight excluding hydrogens is 858 g/mol. The Morgan fingerprint density at radius 1 is 0.455 bits per heavy atom. The molecule has 1 aliphatic carbocycles. The van der Waals surface area contributed by atoms with Gasteiger partial charge < -0.3 is 40.8 Å². The van der Waals surface area contributed by atoms with E-state index in [1.807, 2.05) is 0 Å². The average molecular weight is 964 g/mol. The van der Waals surface area contributed by atoms with Gasteiger partial charge >= 0.3 is 7.82 Å². The van der Waals surface area contributed by atoms with Crippen molar-refractivity contribution in [3.05, 3.63) is 0 Å². The van der Waals surface area contributed by atoms with E-state index >= 15 is 0 Å². The van der Waals surface area contributed by atoms with Crippen LogP contribution in [0.4, 0.5) is 0 Å². The van der Waals surface area contributed by atoms with Crippen LogP contribution < -0.4 is 5.32 Å². The maximum Gasteiger partial charge on any atom is 0.472 e. The highest BCUT2D eigenvalue weighted by atomic mass is 31.2. The fourth-order valence-corrected chi connectivity index (χ4v) is 10.3. The van der Waals surface area contributed by atoms with Crippen molar-refractivity contribution in [3.8, 4) is 0 Å². The highest BCUT2D eigenvalue weighted by Crippen LogP contribution is 2.47. The minimum absolute atomic E-state index is 0.243. The standard InChI is InChI=1S/C53H106NO11P/c1-3-5-7-9-11-13-15-17-19-20-21-22-23-24-25-26-27-28-29-31-33-35-37-39-41-43-47(56)54-45(44-64-66(62,63)65-53-51(60)49(58)48(57)50(59)52(53)61)46(55)42-40-38-36-34-32-30-18-16-14-12-10-8-6-4-2/h45-46,48-53,55,57-61H,3-44H2,1-2H3,(H,54,56)(H,62,63)/t45-,46+,48?,49+,50?,51?,52?,53?/m0/s1. The van der Waals surface area contributed by atoms with Crippen molar-refractivity contribution in [2.24, 2.45) is 0 Å². The van der Waals surface area contributed by atoms with E-state index < -0.39 is 63.2 Å². The van der Waals surface area contributed by atoms with Crippen LogP contribution in [0.3, 0.4) is 0 Å². The number of aliphatic hydroxyl groups excluding tert-OH is 6. The van der Waals surface area contributed by atoms with E-state index in [0.29, 0.717) is 19.3 Å². The summed E-state index contributed by atoms with van der Waals surface area (Å²) in [6, 6.07) is -1.03. The number of unbranched alkanes of at least 4 members (excludes halogenated alkanes) is 37. The van der Waals surface area contributed by atoms with Crippen LogP contribution in [0.25, 0.3) is 0 Å². The van der Waals surface area contributed by atoms with E-state index in [1.54, 1.807) is 0 Å². The third kappa shape index (κ3) is 33.8. The highest BCUT2D eigenvalue weighted by molar-refractivity contribution is 7.47. The zero-order chi connectivity index (χ0) is 48.5. The molecule has 0 aromatic rings. The Labute approximate surface area is 404 Å². The summed E-state index contributed by atoms with van der Waals surface area (Å²) in [7, 11) is -5.06. The lowest BCUT2D eigenvalue weighted by Gasteiger charge is -2.41. The molecule has 0 saturated heterocycles. The normalized spacial score (nSPS) is 21.8. The van der Waals surface area contributed by atoms with Gasteiger partial charge in [0, 0.05) is 6.42 Å². The number of phosphoric acid groups is 1. The summed E-state index contributed by atoms with van der Waals surface area (Å²) in [6.07, 6.45) is 37.1. The Balaban J connectivity index is 2.29. The molecular formula is C53H106NO11P. The topological polar surface area (TPSA) is 206 Å². The molecule has 9 atom stereocenters. The number of rotatable bonds is 48. The Hall–Kier alpha value is -0.660. The predicted octanol–water partition coefficient (Wildman–Crippen LogP) is 12.2. The van der Waals surface area contributed by atoms with E-state index in [1.165, 1.54) is 199 Å². The van der Waals surface area contributed by atoms with Gasteiger partial charge in [0.05, 0.1) is 18.8 Å². The molecule has 12 nitrogen and oxygen atoms in total. The van der Waals surface area contributed by atoms with Crippen LogP contribution >= 0.6 is 7.82 Å². The van der Waals surface area contributed by atoms with Crippen molar-refractivity contribution in [2.45, 2.75) is 326 Å². The molecule has 1 saturated carbocycles. The monoisotopic (exact) mass is 964 g/mol. The summed E-state index contributed by atoms with van der Waals surface area (Å²) in [4.78, 5) is 23.5. The van der Waals surface area contributed by atoms with Crippen LogP contribution in [0.2, 0.25) is 0 Å². The van der Waals surface area contributed by atoms with Gasteiger partial charge in [0.25, 0.3) is 0 Å². The Bertz CT molecular complexity index is 1120. The van der Waals surface area contributed by atoms with Gasteiger partial charge in [0.1, 0.15) is 36.6 Å². The molecule has 0 aliphatic heterocycles. The van der Waals surface area contributed by atoms with Crippen molar-refractivity contribution < 1.29 is 53.9 Å². The summed E-state index contributed by atoms with van der Waals surface area (Å²) >= 11 is 0. The molecule has 0 bridgehead atoms. The van der Waals surface area contributed by atoms with Gasteiger partial charge in [-0.2, -0.15) is 0 Å². The largest absolute Gasteiger partial charge is 0.472 e. The number of nitrogens with one attached hydrogen (secondary N) is 1. The number of hydrogen-bond acceptors (Lipinski definition) is 10. The lowest BCUT2D eigenvalue weighted by Crippen LogP contribution is -2.64. The van der Waals surface area contributed by atoms with Gasteiger partial charge in [-0.1, -0.05) is 258 Å². The molecule has 1 rings (SSSR count). The second-order valence-corrected chi connectivity index (χ2v) is 21.6. The van der Waals surface area contributed by atoms with Gasteiger partial charge in [-0.15, -0.1) is 0 Å². The highest BCUT2D eigenvalue weighted by Gasteiger charge is 2.51. The fourth-order valence-electron chi connectivity index (χ4n) is 9.38. The molecule has 6 unspecified atom stereocenters. The van der Waals surface area contributed by atoms with Gasteiger partial charge in [0.2, 0.25) is 5.91 Å².